The van der Waals surface area contributed by atoms with Gasteiger partial charge in [-0.25, -0.2) is 0 Å². The Kier molecular flexibility index (Phi) is 4.76. The Morgan fingerprint density at radius 3 is 2.36 bits per heavy atom. The lowest BCUT2D eigenvalue weighted by Crippen LogP contribution is -2.14. The molecule has 0 saturated heterocycles. The van der Waals surface area contributed by atoms with Gasteiger partial charge in [-0.2, -0.15) is 4.99 Å². The van der Waals surface area contributed by atoms with Crippen molar-refractivity contribution in [1.29, 1.82) is 0 Å². The Hall–Kier alpha value is -2.80. The molecule has 0 bridgehead atoms. The van der Waals surface area contributed by atoms with Crippen molar-refractivity contribution in [2.24, 2.45) is 12.0 Å². The highest BCUT2D eigenvalue weighted by molar-refractivity contribution is 7.16. The summed E-state index contributed by atoms with van der Waals surface area (Å²) in [4.78, 5) is 17.6. The van der Waals surface area contributed by atoms with Crippen molar-refractivity contribution < 1.29 is 19.0 Å². The van der Waals surface area contributed by atoms with E-state index >= 15 is 0 Å². The van der Waals surface area contributed by atoms with E-state index in [1.54, 1.807) is 25.3 Å². The molecule has 6 nitrogen and oxygen atoms in total. The molecule has 3 rings (SSSR count). The fourth-order valence-electron chi connectivity index (χ4n) is 2.64. The van der Waals surface area contributed by atoms with Crippen LogP contribution in [0.2, 0.25) is 0 Å². The minimum atomic E-state index is -0.392. The smallest absolute Gasteiger partial charge is 0.283 e. The second kappa shape index (κ2) is 6.98. The van der Waals surface area contributed by atoms with E-state index in [9.17, 15) is 4.79 Å². The van der Waals surface area contributed by atoms with Gasteiger partial charge >= 0.3 is 0 Å². The van der Waals surface area contributed by atoms with Crippen LogP contribution in [0.4, 0.5) is 0 Å². The number of carbonyl (C=O) groups is 1. The van der Waals surface area contributed by atoms with Crippen LogP contribution in [0.1, 0.15) is 10.4 Å². The molecule has 7 heteroatoms. The quantitative estimate of drug-likeness (QED) is 0.719. The molecule has 1 amide bonds. The number of rotatable bonds is 4. The number of fused-ring (bicyclic) bond motifs is 1. The van der Waals surface area contributed by atoms with Crippen LogP contribution in [0.15, 0.2) is 41.4 Å². The molecule has 0 saturated carbocycles. The molecule has 0 radical (unpaired) electrons. The number of carbonyl (C=O) groups excluding carboxylic acids is 1. The molecule has 130 valence electrons. The van der Waals surface area contributed by atoms with Crippen molar-refractivity contribution >= 4 is 27.5 Å². The lowest BCUT2D eigenvalue weighted by Gasteiger charge is -2.09. The summed E-state index contributed by atoms with van der Waals surface area (Å²) >= 11 is 1.42. The zero-order valence-corrected chi connectivity index (χ0v) is 15.2. The Labute approximate surface area is 148 Å². The number of ether oxygens (including phenoxy) is 3. The standard InChI is InChI=1S/C18H18N2O4S/c1-20-15-12(22-2)8-6-10-14(15)25-18(20)19-17(21)11-7-5-9-13(23-3)16(11)24-4/h5-10H,1-4H3. The molecule has 0 aliphatic heterocycles. The van der Waals surface area contributed by atoms with E-state index < -0.39 is 5.91 Å². The number of amides is 1. The normalized spacial score (nSPS) is 11.6. The molecule has 0 aliphatic carbocycles. The summed E-state index contributed by atoms with van der Waals surface area (Å²) in [5.41, 5.74) is 1.26. The molecular weight excluding hydrogens is 340 g/mol. The van der Waals surface area contributed by atoms with Crippen LogP contribution in [-0.4, -0.2) is 31.8 Å². The van der Waals surface area contributed by atoms with Crippen molar-refractivity contribution in [3.8, 4) is 17.2 Å². The van der Waals surface area contributed by atoms with Crippen LogP contribution < -0.4 is 19.0 Å². The second-order valence-corrected chi connectivity index (χ2v) is 6.22. The third-order valence-electron chi connectivity index (χ3n) is 3.84. The van der Waals surface area contributed by atoms with Gasteiger partial charge in [-0.3, -0.25) is 4.79 Å². The van der Waals surface area contributed by atoms with Crippen molar-refractivity contribution in [2.75, 3.05) is 21.3 Å². The third kappa shape index (κ3) is 2.98. The molecule has 25 heavy (non-hydrogen) atoms. The number of thiazole rings is 1. The molecule has 0 N–H and O–H groups in total. The van der Waals surface area contributed by atoms with Gasteiger partial charge in [0.15, 0.2) is 16.3 Å². The zero-order chi connectivity index (χ0) is 18.0. The summed E-state index contributed by atoms with van der Waals surface area (Å²) in [6.07, 6.45) is 0. The number of aryl methyl sites for hydroxylation is 1. The number of aromatic nitrogens is 1. The number of benzene rings is 2. The van der Waals surface area contributed by atoms with Crippen molar-refractivity contribution in [3.63, 3.8) is 0 Å². The number of methoxy groups -OCH3 is 3. The number of nitrogens with zero attached hydrogens (tertiary/aromatic N) is 2. The molecule has 0 atom stereocenters. The molecule has 0 spiro atoms. The monoisotopic (exact) mass is 358 g/mol. The van der Waals surface area contributed by atoms with E-state index in [-0.39, 0.29) is 0 Å². The fraction of sp³-hybridized carbons (Fsp3) is 0.222. The fourth-order valence-corrected chi connectivity index (χ4v) is 3.68. The lowest BCUT2D eigenvalue weighted by atomic mass is 10.2. The highest BCUT2D eigenvalue weighted by Crippen LogP contribution is 2.31. The summed E-state index contributed by atoms with van der Waals surface area (Å²) in [7, 11) is 6.51. The summed E-state index contributed by atoms with van der Waals surface area (Å²) in [5, 5.41) is 0. The Bertz CT molecular complexity index is 1000. The Morgan fingerprint density at radius 1 is 1.00 bits per heavy atom. The predicted molar refractivity (Wildman–Crippen MR) is 96.8 cm³/mol. The van der Waals surface area contributed by atoms with Gasteiger partial charge in [-0.05, 0) is 24.3 Å². The summed E-state index contributed by atoms with van der Waals surface area (Å²) in [6.45, 7) is 0. The third-order valence-corrected chi connectivity index (χ3v) is 4.93. The molecule has 0 aliphatic rings. The van der Waals surface area contributed by atoms with E-state index in [2.05, 4.69) is 4.99 Å². The van der Waals surface area contributed by atoms with Crippen LogP contribution in [0, 0.1) is 0 Å². The van der Waals surface area contributed by atoms with Crippen LogP contribution in [-0.2, 0) is 7.05 Å². The van der Waals surface area contributed by atoms with Gasteiger partial charge < -0.3 is 18.8 Å². The summed E-state index contributed by atoms with van der Waals surface area (Å²) < 4.78 is 18.8. The van der Waals surface area contributed by atoms with E-state index in [1.165, 1.54) is 25.6 Å². The van der Waals surface area contributed by atoms with E-state index in [4.69, 9.17) is 14.2 Å². The van der Waals surface area contributed by atoms with Crippen molar-refractivity contribution in [1.82, 2.24) is 4.57 Å². The highest BCUT2D eigenvalue weighted by Gasteiger charge is 2.17. The first-order valence-electron chi connectivity index (χ1n) is 7.53. The van der Waals surface area contributed by atoms with Gasteiger partial charge in [-0.1, -0.05) is 23.5 Å². The average molecular weight is 358 g/mol. The van der Waals surface area contributed by atoms with E-state index in [0.29, 0.717) is 21.9 Å². The zero-order valence-electron chi connectivity index (χ0n) is 14.4. The highest BCUT2D eigenvalue weighted by atomic mass is 32.1. The van der Waals surface area contributed by atoms with E-state index in [1.807, 2.05) is 29.8 Å². The van der Waals surface area contributed by atoms with Gasteiger partial charge in [0, 0.05) is 7.05 Å². The molecule has 0 unspecified atom stereocenters. The number of hydrogen-bond donors (Lipinski definition) is 0. The minimum absolute atomic E-state index is 0.353. The Morgan fingerprint density at radius 2 is 1.68 bits per heavy atom. The maximum atomic E-state index is 12.7. The van der Waals surface area contributed by atoms with E-state index in [0.717, 1.165) is 16.0 Å². The largest absolute Gasteiger partial charge is 0.495 e. The Balaban J connectivity index is 2.15. The summed E-state index contributed by atoms with van der Waals surface area (Å²) in [5.74, 6) is 1.21. The predicted octanol–water partition coefficient (Wildman–Crippen LogP) is 3.01. The van der Waals surface area contributed by atoms with Crippen LogP contribution in [0.3, 0.4) is 0 Å². The molecule has 3 aromatic rings. The maximum absolute atomic E-state index is 12.7. The first kappa shape index (κ1) is 17.0. The maximum Gasteiger partial charge on any atom is 0.283 e. The SMILES string of the molecule is COc1cccc(C(=O)N=c2sc3cccc(OC)c3n2C)c1OC. The number of hydrogen-bond acceptors (Lipinski definition) is 5. The topological polar surface area (TPSA) is 62.0 Å². The second-order valence-electron chi connectivity index (χ2n) is 5.21. The molecule has 2 aromatic carbocycles. The van der Waals surface area contributed by atoms with Crippen molar-refractivity contribution in [2.45, 2.75) is 0 Å². The molecule has 1 heterocycles. The van der Waals surface area contributed by atoms with Crippen LogP contribution in [0.5, 0.6) is 17.2 Å². The first-order valence-corrected chi connectivity index (χ1v) is 8.35. The minimum Gasteiger partial charge on any atom is -0.495 e. The summed E-state index contributed by atoms with van der Waals surface area (Å²) in [6, 6.07) is 10.9. The van der Waals surface area contributed by atoms with Gasteiger partial charge in [-0.15, -0.1) is 0 Å². The number of para-hydroxylation sites is 2. The van der Waals surface area contributed by atoms with Gasteiger partial charge in [0.2, 0.25) is 0 Å². The van der Waals surface area contributed by atoms with Gasteiger partial charge in [0.1, 0.15) is 11.3 Å². The molecule has 0 fully saturated rings. The van der Waals surface area contributed by atoms with Crippen LogP contribution in [0.25, 0.3) is 10.2 Å². The lowest BCUT2D eigenvalue weighted by molar-refractivity contribution is 0.0994. The van der Waals surface area contributed by atoms with Gasteiger partial charge in [0.25, 0.3) is 5.91 Å². The molecule has 1 aromatic heterocycles. The molecular formula is C18H18N2O4S. The van der Waals surface area contributed by atoms with Crippen LogP contribution >= 0.6 is 11.3 Å². The van der Waals surface area contributed by atoms with Gasteiger partial charge in [0.05, 0.1) is 31.6 Å². The first-order chi connectivity index (χ1) is 12.1. The van der Waals surface area contributed by atoms with Crippen molar-refractivity contribution in [3.05, 3.63) is 46.8 Å². The average Bonchev–Trinajstić information content (AvgIpc) is 2.96.